The largest absolute Gasteiger partial charge is 0.339 e. The van der Waals surface area contributed by atoms with E-state index in [-0.39, 0.29) is 23.3 Å². The molecule has 7 heteroatoms. The molecule has 30 heavy (non-hydrogen) atoms. The molecule has 0 unspecified atom stereocenters. The molecule has 0 aliphatic carbocycles. The number of hydrogen-bond donors (Lipinski definition) is 0. The maximum Gasteiger partial charge on any atom is 0.262 e. The molecule has 0 radical (unpaired) electrons. The SMILES string of the molecule is C[C@@H]1CCCCN1C(=O)CSc1nc2ccccc2c(=O)n1Cc1ccc(Cl)cc1. The van der Waals surface area contributed by atoms with Gasteiger partial charge in [0.1, 0.15) is 0 Å². The number of piperidine rings is 1. The summed E-state index contributed by atoms with van der Waals surface area (Å²) < 4.78 is 1.66. The van der Waals surface area contributed by atoms with Crippen LogP contribution in [0.3, 0.4) is 0 Å². The number of carbonyl (C=O) groups is 1. The van der Waals surface area contributed by atoms with E-state index in [2.05, 4.69) is 6.92 Å². The number of thioether (sulfide) groups is 1. The van der Waals surface area contributed by atoms with Gasteiger partial charge in [0.25, 0.3) is 5.56 Å². The highest BCUT2D eigenvalue weighted by Crippen LogP contribution is 2.22. The monoisotopic (exact) mass is 441 g/mol. The molecule has 1 saturated heterocycles. The third kappa shape index (κ3) is 4.55. The van der Waals surface area contributed by atoms with Gasteiger partial charge in [-0.3, -0.25) is 14.2 Å². The number of aromatic nitrogens is 2. The van der Waals surface area contributed by atoms with E-state index in [0.29, 0.717) is 27.6 Å². The lowest BCUT2D eigenvalue weighted by molar-refractivity contribution is -0.131. The number of likely N-dealkylation sites (tertiary alicyclic amines) is 1. The second kappa shape index (κ2) is 9.23. The first kappa shape index (κ1) is 20.9. The van der Waals surface area contributed by atoms with Gasteiger partial charge in [-0.15, -0.1) is 0 Å². The normalized spacial score (nSPS) is 16.7. The molecular formula is C23H24ClN3O2S. The molecule has 4 rings (SSSR count). The molecule has 1 aliphatic rings. The summed E-state index contributed by atoms with van der Waals surface area (Å²) in [5, 5.41) is 1.79. The zero-order valence-corrected chi connectivity index (χ0v) is 18.5. The van der Waals surface area contributed by atoms with Crippen molar-refractivity contribution in [2.24, 2.45) is 0 Å². The van der Waals surface area contributed by atoms with E-state index in [4.69, 9.17) is 16.6 Å². The summed E-state index contributed by atoms with van der Waals surface area (Å²) in [7, 11) is 0. The van der Waals surface area contributed by atoms with Gasteiger partial charge in [0.2, 0.25) is 5.91 Å². The Morgan fingerprint density at radius 2 is 1.93 bits per heavy atom. The summed E-state index contributed by atoms with van der Waals surface area (Å²) in [5.74, 6) is 0.378. The van der Waals surface area contributed by atoms with E-state index in [0.717, 1.165) is 24.9 Å². The first-order chi connectivity index (χ1) is 14.5. The molecule has 0 bridgehead atoms. The Morgan fingerprint density at radius 3 is 2.70 bits per heavy atom. The van der Waals surface area contributed by atoms with Gasteiger partial charge in [0.05, 0.1) is 23.2 Å². The zero-order valence-electron chi connectivity index (χ0n) is 16.9. The number of hydrogen-bond acceptors (Lipinski definition) is 4. The van der Waals surface area contributed by atoms with Crippen molar-refractivity contribution in [2.75, 3.05) is 12.3 Å². The lowest BCUT2D eigenvalue weighted by Gasteiger charge is -2.33. The maximum atomic E-state index is 13.2. The Bertz CT molecular complexity index is 1110. The van der Waals surface area contributed by atoms with Gasteiger partial charge in [0.15, 0.2) is 5.16 Å². The standard InChI is InChI=1S/C23H24ClN3O2S/c1-16-6-4-5-13-26(16)21(28)15-30-23-25-20-8-3-2-7-19(20)22(29)27(23)14-17-9-11-18(24)12-10-17/h2-3,7-12,16H,4-6,13-15H2,1H3/t16-/m1/s1. The second-order valence-corrected chi connectivity index (χ2v) is 9.03. The van der Waals surface area contributed by atoms with Gasteiger partial charge in [0, 0.05) is 17.6 Å². The van der Waals surface area contributed by atoms with Crippen molar-refractivity contribution in [3.63, 3.8) is 0 Å². The lowest BCUT2D eigenvalue weighted by atomic mass is 10.0. The number of para-hydroxylation sites is 1. The van der Waals surface area contributed by atoms with E-state index >= 15 is 0 Å². The number of fused-ring (bicyclic) bond motifs is 1. The van der Waals surface area contributed by atoms with Crippen molar-refractivity contribution in [1.82, 2.24) is 14.5 Å². The minimum absolute atomic E-state index is 0.100. The van der Waals surface area contributed by atoms with Gasteiger partial charge in [-0.2, -0.15) is 0 Å². The average molecular weight is 442 g/mol. The molecule has 156 valence electrons. The molecule has 1 aliphatic heterocycles. The summed E-state index contributed by atoms with van der Waals surface area (Å²) >= 11 is 7.34. The summed E-state index contributed by atoms with van der Waals surface area (Å²) in [6.45, 7) is 3.29. The molecule has 2 aromatic carbocycles. The molecular weight excluding hydrogens is 418 g/mol. The van der Waals surface area contributed by atoms with Crippen LogP contribution in [0.25, 0.3) is 10.9 Å². The molecule has 0 N–H and O–H groups in total. The fraction of sp³-hybridized carbons (Fsp3) is 0.348. The van der Waals surface area contributed by atoms with Gasteiger partial charge in [-0.25, -0.2) is 4.98 Å². The van der Waals surface area contributed by atoms with E-state index in [9.17, 15) is 9.59 Å². The Balaban J connectivity index is 1.64. The van der Waals surface area contributed by atoms with E-state index in [1.807, 2.05) is 47.4 Å². The average Bonchev–Trinajstić information content (AvgIpc) is 2.76. The Labute approximate surface area is 185 Å². The van der Waals surface area contributed by atoms with Crippen molar-refractivity contribution < 1.29 is 4.79 Å². The minimum Gasteiger partial charge on any atom is -0.339 e. The van der Waals surface area contributed by atoms with Crippen LogP contribution >= 0.6 is 23.4 Å². The molecule has 1 aromatic heterocycles. The van der Waals surface area contributed by atoms with Crippen LogP contribution in [-0.2, 0) is 11.3 Å². The van der Waals surface area contributed by atoms with Crippen molar-refractivity contribution in [2.45, 2.75) is 43.9 Å². The number of rotatable bonds is 5. The Hall–Kier alpha value is -2.31. The van der Waals surface area contributed by atoms with Gasteiger partial charge in [-0.1, -0.05) is 47.6 Å². The molecule has 0 spiro atoms. The van der Waals surface area contributed by atoms with Gasteiger partial charge >= 0.3 is 0 Å². The number of halogens is 1. The van der Waals surface area contributed by atoms with Crippen molar-refractivity contribution in [3.05, 3.63) is 69.5 Å². The third-order valence-corrected chi connectivity index (χ3v) is 6.74. The summed E-state index contributed by atoms with van der Waals surface area (Å²) in [5.41, 5.74) is 1.50. The number of amides is 1. The van der Waals surface area contributed by atoms with Crippen LogP contribution in [0.2, 0.25) is 5.02 Å². The van der Waals surface area contributed by atoms with Crippen molar-refractivity contribution >= 4 is 40.2 Å². The quantitative estimate of drug-likeness (QED) is 0.429. The Morgan fingerprint density at radius 1 is 1.17 bits per heavy atom. The first-order valence-electron chi connectivity index (χ1n) is 10.2. The first-order valence-corrected chi connectivity index (χ1v) is 11.6. The van der Waals surface area contributed by atoms with Crippen LogP contribution in [0.15, 0.2) is 58.5 Å². The summed E-state index contributed by atoms with van der Waals surface area (Å²) in [6.07, 6.45) is 3.27. The van der Waals surface area contributed by atoms with Gasteiger partial charge in [-0.05, 0) is 56.0 Å². The number of benzene rings is 2. The topological polar surface area (TPSA) is 55.2 Å². The van der Waals surface area contributed by atoms with Crippen LogP contribution < -0.4 is 5.56 Å². The summed E-state index contributed by atoms with van der Waals surface area (Å²) in [4.78, 5) is 32.7. The molecule has 1 atom stereocenters. The number of nitrogens with zero attached hydrogens (tertiary/aromatic N) is 3. The molecule has 1 fully saturated rings. The van der Waals surface area contributed by atoms with Crippen LogP contribution in [0.4, 0.5) is 0 Å². The van der Waals surface area contributed by atoms with Crippen LogP contribution in [-0.4, -0.2) is 38.7 Å². The van der Waals surface area contributed by atoms with E-state index in [1.165, 1.54) is 18.2 Å². The lowest BCUT2D eigenvalue weighted by Crippen LogP contribution is -2.43. The van der Waals surface area contributed by atoms with Crippen molar-refractivity contribution in [1.29, 1.82) is 0 Å². The molecule has 1 amide bonds. The molecule has 5 nitrogen and oxygen atoms in total. The van der Waals surface area contributed by atoms with Crippen LogP contribution in [0.1, 0.15) is 31.7 Å². The van der Waals surface area contributed by atoms with Gasteiger partial charge < -0.3 is 4.90 Å². The number of carbonyl (C=O) groups excluding carboxylic acids is 1. The summed E-state index contributed by atoms with van der Waals surface area (Å²) in [6, 6.07) is 15.0. The van der Waals surface area contributed by atoms with Crippen LogP contribution in [0, 0.1) is 0 Å². The highest BCUT2D eigenvalue weighted by atomic mass is 35.5. The van der Waals surface area contributed by atoms with E-state index in [1.54, 1.807) is 10.6 Å². The second-order valence-electron chi connectivity index (χ2n) is 7.65. The predicted molar refractivity (Wildman–Crippen MR) is 122 cm³/mol. The minimum atomic E-state index is -0.100. The highest BCUT2D eigenvalue weighted by molar-refractivity contribution is 7.99. The predicted octanol–water partition coefficient (Wildman–Crippen LogP) is 4.59. The smallest absolute Gasteiger partial charge is 0.262 e. The highest BCUT2D eigenvalue weighted by Gasteiger charge is 2.23. The fourth-order valence-corrected chi connectivity index (χ4v) is 4.86. The zero-order chi connectivity index (χ0) is 21.1. The molecule has 3 aromatic rings. The fourth-order valence-electron chi connectivity index (χ4n) is 3.85. The maximum absolute atomic E-state index is 13.2. The van der Waals surface area contributed by atoms with Crippen molar-refractivity contribution in [3.8, 4) is 0 Å². The molecule has 2 heterocycles. The third-order valence-electron chi connectivity index (χ3n) is 5.53. The van der Waals surface area contributed by atoms with E-state index < -0.39 is 0 Å². The Kier molecular flexibility index (Phi) is 6.44. The molecule has 0 saturated carbocycles. The van der Waals surface area contributed by atoms with Crippen LogP contribution in [0.5, 0.6) is 0 Å².